The van der Waals surface area contributed by atoms with Crippen LogP contribution in [0.1, 0.15) is 6.92 Å². The highest BCUT2D eigenvalue weighted by Crippen LogP contribution is 2.13. The summed E-state index contributed by atoms with van der Waals surface area (Å²) in [6.07, 6.45) is 0. The van der Waals surface area contributed by atoms with Crippen LogP contribution in [-0.4, -0.2) is 26.0 Å². The zero-order chi connectivity index (χ0) is 11.4. The lowest BCUT2D eigenvalue weighted by atomic mass is 10.2. The van der Waals surface area contributed by atoms with Gasteiger partial charge in [-0.1, -0.05) is 0 Å². The molecule has 0 radical (unpaired) electrons. The maximum Gasteiger partial charge on any atom is 0.243 e. The lowest BCUT2D eigenvalue weighted by Crippen LogP contribution is -2.41. The van der Waals surface area contributed by atoms with Crippen molar-refractivity contribution < 1.29 is 9.18 Å². The number of hydrogen-bond acceptors (Lipinski definition) is 2. The number of nitrogens with zero attached hydrogens (tertiary/aromatic N) is 1. The van der Waals surface area contributed by atoms with Crippen LogP contribution in [0.25, 0.3) is 0 Å². The molecule has 1 unspecified atom stereocenters. The summed E-state index contributed by atoms with van der Waals surface area (Å²) in [6.45, 7) is 1.78. The number of hydrogen-bond donors (Lipinski definition) is 1. The van der Waals surface area contributed by atoms with Gasteiger partial charge in [-0.25, -0.2) is 4.39 Å². The SMILES string of the molecule is CNC(C)C(=O)N(C)c1ccc(F)cc1. The molecule has 0 heterocycles. The van der Waals surface area contributed by atoms with Crippen molar-refractivity contribution in [1.82, 2.24) is 5.32 Å². The lowest BCUT2D eigenvalue weighted by Gasteiger charge is -2.21. The van der Waals surface area contributed by atoms with Crippen LogP contribution in [0.4, 0.5) is 10.1 Å². The molecule has 1 aromatic carbocycles. The van der Waals surface area contributed by atoms with E-state index in [0.29, 0.717) is 5.69 Å². The number of halogens is 1. The number of likely N-dealkylation sites (N-methyl/N-ethyl adjacent to an activating group) is 2. The molecule has 1 rings (SSSR count). The lowest BCUT2D eigenvalue weighted by molar-refractivity contribution is -0.119. The van der Waals surface area contributed by atoms with Gasteiger partial charge in [-0.05, 0) is 38.2 Å². The standard InChI is InChI=1S/C11H15FN2O/c1-8(13-2)11(15)14(3)10-6-4-9(12)5-7-10/h4-8,13H,1-3H3. The summed E-state index contributed by atoms with van der Waals surface area (Å²) >= 11 is 0. The average molecular weight is 210 g/mol. The van der Waals surface area contributed by atoms with Crippen molar-refractivity contribution in [3.8, 4) is 0 Å². The molecule has 0 aliphatic rings. The number of benzene rings is 1. The number of carbonyl (C=O) groups excluding carboxylic acids is 1. The monoisotopic (exact) mass is 210 g/mol. The Kier molecular flexibility index (Phi) is 3.80. The summed E-state index contributed by atoms with van der Waals surface area (Å²) in [5, 5.41) is 2.86. The fourth-order valence-corrected chi connectivity index (χ4v) is 1.21. The van der Waals surface area contributed by atoms with E-state index < -0.39 is 0 Å². The van der Waals surface area contributed by atoms with Gasteiger partial charge in [0.2, 0.25) is 5.91 Å². The van der Waals surface area contributed by atoms with Gasteiger partial charge in [-0.3, -0.25) is 4.79 Å². The summed E-state index contributed by atoms with van der Waals surface area (Å²) in [6, 6.07) is 5.58. The van der Waals surface area contributed by atoms with E-state index in [2.05, 4.69) is 5.32 Å². The Balaban J connectivity index is 2.80. The van der Waals surface area contributed by atoms with Gasteiger partial charge in [0.25, 0.3) is 0 Å². The molecule has 0 aliphatic heterocycles. The van der Waals surface area contributed by atoms with Crippen molar-refractivity contribution in [3.63, 3.8) is 0 Å². The average Bonchev–Trinajstić information content (AvgIpc) is 2.27. The topological polar surface area (TPSA) is 32.3 Å². The third kappa shape index (κ3) is 2.76. The Labute approximate surface area is 88.9 Å². The molecule has 3 nitrogen and oxygen atoms in total. The Morgan fingerprint density at radius 2 is 1.93 bits per heavy atom. The summed E-state index contributed by atoms with van der Waals surface area (Å²) in [7, 11) is 3.39. The van der Waals surface area contributed by atoms with Gasteiger partial charge in [0.1, 0.15) is 5.82 Å². The highest BCUT2D eigenvalue weighted by Gasteiger charge is 2.16. The van der Waals surface area contributed by atoms with E-state index in [9.17, 15) is 9.18 Å². The van der Waals surface area contributed by atoms with Crippen LogP contribution in [-0.2, 0) is 4.79 Å². The van der Waals surface area contributed by atoms with Crippen LogP contribution in [0.5, 0.6) is 0 Å². The van der Waals surface area contributed by atoms with Crippen molar-refractivity contribution in [3.05, 3.63) is 30.1 Å². The quantitative estimate of drug-likeness (QED) is 0.817. The summed E-state index contributed by atoms with van der Waals surface area (Å²) in [4.78, 5) is 13.2. The maximum absolute atomic E-state index is 12.7. The predicted octanol–water partition coefficient (Wildman–Crippen LogP) is 1.40. The van der Waals surface area contributed by atoms with Gasteiger partial charge < -0.3 is 10.2 Å². The van der Waals surface area contributed by atoms with Crippen LogP contribution in [0.2, 0.25) is 0 Å². The molecule has 0 aromatic heterocycles. The highest BCUT2D eigenvalue weighted by molar-refractivity contribution is 5.96. The van der Waals surface area contributed by atoms with Crippen LogP contribution < -0.4 is 10.2 Å². The molecular weight excluding hydrogens is 195 g/mol. The van der Waals surface area contributed by atoms with Gasteiger partial charge in [-0.2, -0.15) is 0 Å². The van der Waals surface area contributed by atoms with Crippen LogP contribution in [0.3, 0.4) is 0 Å². The number of nitrogens with one attached hydrogen (secondary N) is 1. The summed E-state index contributed by atoms with van der Waals surface area (Å²) in [5.41, 5.74) is 0.684. The van der Waals surface area contributed by atoms with Gasteiger partial charge in [-0.15, -0.1) is 0 Å². The van der Waals surface area contributed by atoms with Crippen molar-refractivity contribution in [2.75, 3.05) is 19.0 Å². The molecule has 0 spiro atoms. The maximum atomic E-state index is 12.7. The Bertz CT molecular complexity index is 337. The summed E-state index contributed by atoms with van der Waals surface area (Å²) < 4.78 is 12.7. The smallest absolute Gasteiger partial charge is 0.243 e. The minimum absolute atomic E-state index is 0.0518. The van der Waals surface area contributed by atoms with E-state index in [4.69, 9.17) is 0 Å². The molecular formula is C11H15FN2O. The minimum atomic E-state index is -0.304. The number of amides is 1. The number of rotatable bonds is 3. The largest absolute Gasteiger partial charge is 0.314 e. The molecule has 1 aromatic rings. The highest BCUT2D eigenvalue weighted by atomic mass is 19.1. The van der Waals surface area contributed by atoms with Crippen LogP contribution in [0.15, 0.2) is 24.3 Å². The minimum Gasteiger partial charge on any atom is -0.314 e. The van der Waals surface area contributed by atoms with Gasteiger partial charge in [0.05, 0.1) is 6.04 Å². The summed E-state index contributed by atoms with van der Waals surface area (Å²) in [5.74, 6) is -0.356. The van der Waals surface area contributed by atoms with E-state index >= 15 is 0 Å². The van der Waals surface area contributed by atoms with Gasteiger partial charge in [0, 0.05) is 12.7 Å². The molecule has 4 heteroatoms. The molecule has 15 heavy (non-hydrogen) atoms. The second-order valence-electron chi connectivity index (χ2n) is 3.38. The van der Waals surface area contributed by atoms with Gasteiger partial charge in [0.15, 0.2) is 0 Å². The molecule has 1 atom stereocenters. The number of carbonyl (C=O) groups is 1. The molecule has 82 valence electrons. The zero-order valence-corrected chi connectivity index (χ0v) is 9.12. The first kappa shape index (κ1) is 11.7. The van der Waals surface area contributed by atoms with E-state index in [-0.39, 0.29) is 17.8 Å². The molecule has 0 fully saturated rings. The van der Waals surface area contributed by atoms with E-state index in [1.165, 1.54) is 17.0 Å². The third-order valence-corrected chi connectivity index (χ3v) is 2.35. The van der Waals surface area contributed by atoms with E-state index in [1.54, 1.807) is 33.2 Å². The first-order valence-corrected chi connectivity index (χ1v) is 4.76. The molecule has 0 bridgehead atoms. The fraction of sp³-hybridized carbons (Fsp3) is 0.364. The molecule has 0 aliphatic carbocycles. The second-order valence-corrected chi connectivity index (χ2v) is 3.38. The van der Waals surface area contributed by atoms with Crippen molar-refractivity contribution >= 4 is 11.6 Å². The molecule has 0 saturated carbocycles. The van der Waals surface area contributed by atoms with Crippen molar-refractivity contribution in [2.45, 2.75) is 13.0 Å². The molecule has 1 N–H and O–H groups in total. The van der Waals surface area contributed by atoms with Crippen molar-refractivity contribution in [1.29, 1.82) is 0 Å². The van der Waals surface area contributed by atoms with Gasteiger partial charge >= 0.3 is 0 Å². The molecule has 1 amide bonds. The normalized spacial score (nSPS) is 12.3. The van der Waals surface area contributed by atoms with E-state index in [1.807, 2.05) is 0 Å². The first-order chi connectivity index (χ1) is 7.06. The van der Waals surface area contributed by atoms with Crippen LogP contribution >= 0.6 is 0 Å². The van der Waals surface area contributed by atoms with Crippen LogP contribution in [0, 0.1) is 5.82 Å². The Morgan fingerprint density at radius 1 is 1.40 bits per heavy atom. The third-order valence-electron chi connectivity index (χ3n) is 2.35. The van der Waals surface area contributed by atoms with E-state index in [0.717, 1.165) is 0 Å². The number of anilines is 1. The van der Waals surface area contributed by atoms with Crippen molar-refractivity contribution in [2.24, 2.45) is 0 Å². The Morgan fingerprint density at radius 3 is 2.40 bits per heavy atom. The second kappa shape index (κ2) is 4.89. The first-order valence-electron chi connectivity index (χ1n) is 4.76. The predicted molar refractivity (Wildman–Crippen MR) is 58.3 cm³/mol. The zero-order valence-electron chi connectivity index (χ0n) is 9.12. The fourth-order valence-electron chi connectivity index (χ4n) is 1.21. The molecule has 0 saturated heterocycles. The Hall–Kier alpha value is -1.42.